The molecule has 0 spiro atoms. The third kappa shape index (κ3) is 5.60. The molecule has 1 aliphatic heterocycles. The Morgan fingerprint density at radius 1 is 1.00 bits per heavy atom. The summed E-state index contributed by atoms with van der Waals surface area (Å²) in [6.07, 6.45) is 1.67. The van der Waals surface area contributed by atoms with Crippen LogP contribution in [0.25, 0.3) is 0 Å². The molecule has 0 unspecified atom stereocenters. The van der Waals surface area contributed by atoms with Gasteiger partial charge >= 0.3 is 6.09 Å². The van der Waals surface area contributed by atoms with Crippen LogP contribution in [0, 0.1) is 0 Å². The highest BCUT2D eigenvalue weighted by molar-refractivity contribution is 7.93. The molecule has 2 N–H and O–H groups in total. The fraction of sp³-hybridized carbons (Fsp3) is 0.421. The average Bonchev–Trinajstić information content (AvgIpc) is 3.38. The lowest BCUT2D eigenvalue weighted by Gasteiger charge is -2.14. The van der Waals surface area contributed by atoms with Crippen molar-refractivity contribution in [2.24, 2.45) is 0 Å². The number of carboxylic acid groups (broad SMARTS) is 1. The van der Waals surface area contributed by atoms with Gasteiger partial charge in [0.1, 0.15) is 4.21 Å². The summed E-state index contributed by atoms with van der Waals surface area (Å²) in [5, 5.41) is 10.8. The van der Waals surface area contributed by atoms with Crippen molar-refractivity contribution in [1.82, 2.24) is 10.2 Å². The number of hydrogen-bond acceptors (Lipinski definition) is 7. The Kier molecular flexibility index (Phi) is 7.17. The predicted molar refractivity (Wildman–Crippen MR) is 113 cm³/mol. The first kappa shape index (κ1) is 22.7. The number of nitrogens with one attached hydrogen (secondary N) is 1. The van der Waals surface area contributed by atoms with Crippen molar-refractivity contribution < 1.29 is 26.7 Å². The second-order valence-corrected chi connectivity index (χ2v) is 12.5. The summed E-state index contributed by atoms with van der Waals surface area (Å²) < 4.78 is 50.7. The number of sulfone groups is 2. The Hall–Kier alpha value is -1.95. The molecule has 0 saturated carbocycles. The topological polar surface area (TPSA) is 121 Å². The van der Waals surface area contributed by atoms with Crippen molar-refractivity contribution in [3.63, 3.8) is 0 Å². The van der Waals surface area contributed by atoms with Crippen LogP contribution in [0.5, 0.6) is 0 Å². The molecule has 0 radical (unpaired) electrons. The maximum atomic E-state index is 12.8. The van der Waals surface area contributed by atoms with Crippen molar-refractivity contribution >= 4 is 37.1 Å². The standard InChI is InChI=1S/C19H24N2O6S3/c22-19(23)20-14-15-4-9-18(28-15)30(26,27)17-7-5-16(6-8-17)29(24,25)13-3-12-21-10-1-2-11-21/h4-9,20H,1-3,10-14H2,(H,22,23). The van der Waals surface area contributed by atoms with E-state index in [1.807, 2.05) is 0 Å². The largest absolute Gasteiger partial charge is 0.465 e. The van der Waals surface area contributed by atoms with Crippen molar-refractivity contribution in [2.75, 3.05) is 25.4 Å². The van der Waals surface area contributed by atoms with E-state index in [2.05, 4.69) is 10.2 Å². The maximum absolute atomic E-state index is 12.8. The van der Waals surface area contributed by atoms with E-state index >= 15 is 0 Å². The molecule has 1 fully saturated rings. The van der Waals surface area contributed by atoms with E-state index in [4.69, 9.17) is 5.11 Å². The van der Waals surface area contributed by atoms with E-state index < -0.39 is 25.8 Å². The predicted octanol–water partition coefficient (Wildman–Crippen LogP) is 2.61. The second kappa shape index (κ2) is 9.46. The summed E-state index contributed by atoms with van der Waals surface area (Å²) in [6, 6.07) is 8.24. The highest BCUT2D eigenvalue weighted by Crippen LogP contribution is 2.28. The zero-order chi connectivity index (χ0) is 21.8. The van der Waals surface area contributed by atoms with Crippen molar-refractivity contribution in [3.8, 4) is 0 Å². The normalized spacial score (nSPS) is 15.3. The van der Waals surface area contributed by atoms with Crippen LogP contribution in [0.3, 0.4) is 0 Å². The summed E-state index contributed by atoms with van der Waals surface area (Å²) in [5.74, 6) is 0.0282. The van der Waals surface area contributed by atoms with Gasteiger partial charge in [-0.1, -0.05) is 0 Å². The minimum absolute atomic E-state index is 0.00175. The van der Waals surface area contributed by atoms with Gasteiger partial charge in [-0.15, -0.1) is 11.3 Å². The van der Waals surface area contributed by atoms with Crippen molar-refractivity contribution in [2.45, 2.75) is 39.8 Å². The first-order valence-corrected chi connectivity index (χ1v) is 13.5. The van der Waals surface area contributed by atoms with Crippen molar-refractivity contribution in [3.05, 3.63) is 41.3 Å². The van der Waals surface area contributed by atoms with E-state index in [1.54, 1.807) is 6.07 Å². The van der Waals surface area contributed by atoms with Gasteiger partial charge in [-0.05, 0) is 75.3 Å². The Balaban J connectivity index is 1.67. The molecule has 2 aromatic rings. The van der Waals surface area contributed by atoms with Gasteiger partial charge in [0.05, 0.1) is 22.1 Å². The van der Waals surface area contributed by atoms with Gasteiger partial charge in [0.25, 0.3) is 0 Å². The van der Waals surface area contributed by atoms with Crippen LogP contribution in [0.1, 0.15) is 24.1 Å². The molecule has 0 atom stereocenters. The second-order valence-electron chi connectivity index (χ2n) is 7.08. The number of thiophene rings is 1. The molecule has 30 heavy (non-hydrogen) atoms. The van der Waals surface area contributed by atoms with Crippen LogP contribution in [0.4, 0.5) is 4.79 Å². The van der Waals surface area contributed by atoms with E-state index in [9.17, 15) is 21.6 Å². The fourth-order valence-electron chi connectivity index (χ4n) is 3.30. The molecule has 164 valence electrons. The summed E-state index contributed by atoms with van der Waals surface area (Å²) in [4.78, 5) is 13.5. The monoisotopic (exact) mass is 472 g/mol. The van der Waals surface area contributed by atoms with Crippen LogP contribution in [-0.2, 0) is 26.2 Å². The molecular formula is C19H24N2O6S3. The lowest BCUT2D eigenvalue weighted by atomic mass is 10.4. The molecule has 0 aliphatic carbocycles. The summed E-state index contributed by atoms with van der Waals surface area (Å²) >= 11 is 0.973. The average molecular weight is 473 g/mol. The zero-order valence-corrected chi connectivity index (χ0v) is 18.7. The van der Waals surface area contributed by atoms with Crippen LogP contribution in [0.15, 0.2) is 50.4 Å². The van der Waals surface area contributed by atoms with E-state index in [-0.39, 0.29) is 26.3 Å². The highest BCUT2D eigenvalue weighted by atomic mass is 32.2. The molecule has 1 aromatic carbocycles. The number of amides is 1. The van der Waals surface area contributed by atoms with Crippen molar-refractivity contribution in [1.29, 1.82) is 0 Å². The lowest BCUT2D eigenvalue weighted by molar-refractivity contribution is 0.194. The third-order valence-electron chi connectivity index (χ3n) is 4.89. The first-order chi connectivity index (χ1) is 14.2. The number of hydrogen-bond donors (Lipinski definition) is 2. The smallest absolute Gasteiger partial charge is 0.404 e. The van der Waals surface area contributed by atoms with Crippen LogP contribution in [-0.4, -0.2) is 58.3 Å². The van der Waals surface area contributed by atoms with E-state index in [0.717, 1.165) is 43.8 Å². The molecule has 2 heterocycles. The van der Waals surface area contributed by atoms with Gasteiger partial charge < -0.3 is 15.3 Å². The minimum atomic E-state index is -3.81. The number of rotatable bonds is 9. The Morgan fingerprint density at radius 3 is 2.27 bits per heavy atom. The first-order valence-electron chi connectivity index (χ1n) is 9.54. The molecule has 1 saturated heterocycles. The van der Waals surface area contributed by atoms with Gasteiger partial charge in [-0.25, -0.2) is 21.6 Å². The zero-order valence-electron chi connectivity index (χ0n) is 16.3. The van der Waals surface area contributed by atoms with Crippen LogP contribution in [0.2, 0.25) is 0 Å². The Morgan fingerprint density at radius 2 is 1.63 bits per heavy atom. The van der Waals surface area contributed by atoms with Gasteiger partial charge in [0.15, 0.2) is 9.84 Å². The lowest BCUT2D eigenvalue weighted by Crippen LogP contribution is -2.22. The number of nitrogens with zero attached hydrogens (tertiary/aromatic N) is 1. The van der Waals surface area contributed by atoms with Crippen LogP contribution >= 0.6 is 11.3 Å². The summed E-state index contributed by atoms with van der Waals surface area (Å²) in [7, 11) is -7.28. The number of likely N-dealkylation sites (tertiary alicyclic amines) is 1. The fourth-order valence-corrected chi connectivity index (χ4v) is 7.30. The van der Waals surface area contributed by atoms with E-state index in [0.29, 0.717) is 11.3 Å². The Labute approximate surface area is 180 Å². The van der Waals surface area contributed by atoms with Gasteiger partial charge in [0.2, 0.25) is 9.84 Å². The molecular weight excluding hydrogens is 448 g/mol. The minimum Gasteiger partial charge on any atom is -0.465 e. The molecule has 1 aromatic heterocycles. The van der Waals surface area contributed by atoms with Gasteiger partial charge in [-0.3, -0.25) is 0 Å². The molecule has 0 bridgehead atoms. The number of benzene rings is 1. The Bertz CT molecular complexity index is 1090. The molecule has 11 heteroatoms. The SMILES string of the molecule is O=C(O)NCc1ccc(S(=O)(=O)c2ccc(S(=O)(=O)CCCN3CCCC3)cc2)s1. The third-order valence-corrected chi connectivity index (χ3v) is 10.1. The molecule has 3 rings (SSSR count). The maximum Gasteiger partial charge on any atom is 0.404 e. The summed E-state index contributed by atoms with van der Waals surface area (Å²) in [6.45, 7) is 2.81. The molecule has 1 aliphatic rings. The summed E-state index contributed by atoms with van der Waals surface area (Å²) in [5.41, 5.74) is 0. The number of carbonyl (C=O) groups is 1. The van der Waals surface area contributed by atoms with Gasteiger partial charge in [0, 0.05) is 4.88 Å². The quantitative estimate of drug-likeness (QED) is 0.575. The van der Waals surface area contributed by atoms with E-state index in [1.165, 1.54) is 30.3 Å². The molecule has 1 amide bonds. The highest BCUT2D eigenvalue weighted by Gasteiger charge is 2.22. The molecule has 8 nitrogen and oxygen atoms in total. The van der Waals surface area contributed by atoms with Crippen LogP contribution < -0.4 is 5.32 Å². The van der Waals surface area contributed by atoms with Gasteiger partial charge in [-0.2, -0.15) is 0 Å².